The number of carbonyl (C=O) groups is 1. The van der Waals surface area contributed by atoms with Gasteiger partial charge in [0, 0.05) is 6.42 Å². The summed E-state index contributed by atoms with van der Waals surface area (Å²) in [5, 5.41) is 17.2. The van der Waals surface area contributed by atoms with Gasteiger partial charge >= 0.3 is 5.97 Å². The second-order valence-electron chi connectivity index (χ2n) is 9.07. The zero-order valence-electron chi connectivity index (χ0n) is 20.1. The van der Waals surface area contributed by atoms with Crippen LogP contribution in [0.25, 0.3) is 5.69 Å². The van der Waals surface area contributed by atoms with E-state index in [0.717, 1.165) is 30.6 Å². The van der Waals surface area contributed by atoms with Crippen molar-refractivity contribution in [2.24, 2.45) is 0 Å². The lowest BCUT2D eigenvalue weighted by Crippen LogP contribution is -2.03. The second kappa shape index (κ2) is 16.5. The average Bonchev–Trinajstić information content (AvgIpc) is 3.16. The van der Waals surface area contributed by atoms with Crippen LogP contribution in [0.3, 0.4) is 0 Å². The maximum atomic E-state index is 10.5. The van der Waals surface area contributed by atoms with Crippen molar-refractivity contribution >= 4 is 5.97 Å². The molecule has 0 saturated carbocycles. The van der Waals surface area contributed by atoms with Crippen LogP contribution in [0.5, 0.6) is 0 Å². The zero-order chi connectivity index (χ0) is 22.9. The highest BCUT2D eigenvalue weighted by molar-refractivity contribution is 5.66. The van der Waals surface area contributed by atoms with Crippen LogP contribution in [-0.2, 0) is 11.2 Å². The predicted octanol–water partition coefficient (Wildman–Crippen LogP) is 7.44. The van der Waals surface area contributed by atoms with Gasteiger partial charge in [0.15, 0.2) is 0 Å². The minimum atomic E-state index is -0.662. The number of benzene rings is 1. The Morgan fingerprint density at radius 3 is 1.72 bits per heavy atom. The predicted molar refractivity (Wildman–Crippen MR) is 131 cm³/mol. The fourth-order valence-corrected chi connectivity index (χ4v) is 4.31. The van der Waals surface area contributed by atoms with Crippen LogP contribution < -0.4 is 0 Å². The van der Waals surface area contributed by atoms with Crippen LogP contribution in [0.1, 0.15) is 114 Å². The molecule has 0 spiro atoms. The molecule has 0 radical (unpaired) electrons. The van der Waals surface area contributed by atoms with Crippen molar-refractivity contribution in [1.29, 1.82) is 0 Å². The van der Waals surface area contributed by atoms with Gasteiger partial charge in [-0.2, -0.15) is 0 Å². The molecule has 2 aromatic rings. The van der Waals surface area contributed by atoms with Crippen molar-refractivity contribution < 1.29 is 9.90 Å². The van der Waals surface area contributed by atoms with Crippen molar-refractivity contribution in [3.63, 3.8) is 0 Å². The number of nitrogens with zero attached hydrogens (tertiary/aromatic N) is 3. The van der Waals surface area contributed by atoms with Crippen LogP contribution in [0.4, 0.5) is 0 Å². The van der Waals surface area contributed by atoms with Crippen LogP contribution >= 0.6 is 0 Å². The fraction of sp³-hybridized carbons (Fsp3) is 0.667. The number of para-hydroxylation sites is 1. The molecule has 5 heteroatoms. The van der Waals surface area contributed by atoms with Gasteiger partial charge in [-0.15, -0.1) is 5.10 Å². The molecule has 1 N–H and O–H groups in total. The van der Waals surface area contributed by atoms with Gasteiger partial charge in [-0.05, 0) is 38.3 Å². The number of hydrogen-bond acceptors (Lipinski definition) is 3. The summed E-state index contributed by atoms with van der Waals surface area (Å²) in [6.45, 7) is 2.06. The summed E-state index contributed by atoms with van der Waals surface area (Å²) in [6.07, 6.45) is 20.4. The first-order valence-corrected chi connectivity index (χ1v) is 12.9. The monoisotopic (exact) mass is 441 g/mol. The highest BCUT2D eigenvalue weighted by Crippen LogP contribution is 2.17. The van der Waals surface area contributed by atoms with Crippen LogP contribution in [-0.4, -0.2) is 26.1 Å². The first-order chi connectivity index (χ1) is 15.7. The van der Waals surface area contributed by atoms with E-state index >= 15 is 0 Å². The van der Waals surface area contributed by atoms with E-state index in [0.29, 0.717) is 6.42 Å². The van der Waals surface area contributed by atoms with Gasteiger partial charge in [0.1, 0.15) is 0 Å². The normalized spacial score (nSPS) is 11.2. The number of hydrogen-bond donors (Lipinski definition) is 1. The summed E-state index contributed by atoms with van der Waals surface area (Å²) in [5.74, 6) is -0.662. The van der Waals surface area contributed by atoms with E-state index in [-0.39, 0.29) is 0 Å². The molecular formula is C27H43N3O2. The highest BCUT2D eigenvalue weighted by atomic mass is 16.4. The van der Waals surface area contributed by atoms with Gasteiger partial charge in [0.25, 0.3) is 0 Å². The standard InChI is InChI=1S/C27H43N3O2/c1-24-26(30(29-28-24)25-20-16-15-17-21-25)22-18-13-11-9-7-5-3-2-4-6-8-10-12-14-19-23-27(31)32/h15-17,20-21H,2-14,18-19,22-23H2,1H3,(H,31,32). The van der Waals surface area contributed by atoms with E-state index < -0.39 is 5.97 Å². The Bertz CT molecular complexity index is 743. The number of carboxylic acid groups (broad SMARTS) is 1. The third-order valence-corrected chi connectivity index (χ3v) is 6.26. The molecule has 0 aliphatic rings. The molecule has 1 aromatic heterocycles. The van der Waals surface area contributed by atoms with Gasteiger partial charge in [-0.3, -0.25) is 4.79 Å². The van der Waals surface area contributed by atoms with Gasteiger partial charge in [0.05, 0.1) is 17.1 Å². The molecule has 5 nitrogen and oxygen atoms in total. The molecule has 0 amide bonds. The molecule has 2 rings (SSSR count). The molecule has 0 saturated heterocycles. The number of carboxylic acids is 1. The van der Waals surface area contributed by atoms with E-state index in [9.17, 15) is 4.79 Å². The summed E-state index contributed by atoms with van der Waals surface area (Å²) in [6, 6.07) is 10.3. The number of rotatable bonds is 19. The van der Waals surface area contributed by atoms with Gasteiger partial charge in [-0.25, -0.2) is 4.68 Å². The molecule has 0 bridgehead atoms. The minimum Gasteiger partial charge on any atom is -0.481 e. The van der Waals surface area contributed by atoms with E-state index in [1.165, 1.54) is 89.2 Å². The van der Waals surface area contributed by atoms with E-state index in [1.54, 1.807) is 0 Å². The molecular weight excluding hydrogens is 398 g/mol. The van der Waals surface area contributed by atoms with Crippen molar-refractivity contribution in [1.82, 2.24) is 15.0 Å². The molecule has 178 valence electrons. The molecule has 32 heavy (non-hydrogen) atoms. The van der Waals surface area contributed by atoms with Crippen molar-refractivity contribution in [3.05, 3.63) is 41.7 Å². The van der Waals surface area contributed by atoms with Gasteiger partial charge in [0.2, 0.25) is 0 Å². The molecule has 0 atom stereocenters. The lowest BCUT2D eigenvalue weighted by molar-refractivity contribution is -0.137. The minimum absolute atomic E-state index is 0.330. The molecule has 0 unspecified atom stereocenters. The van der Waals surface area contributed by atoms with Crippen LogP contribution in [0, 0.1) is 6.92 Å². The highest BCUT2D eigenvalue weighted by Gasteiger charge is 2.10. The Kier molecular flexibility index (Phi) is 13.4. The van der Waals surface area contributed by atoms with Crippen LogP contribution in [0.2, 0.25) is 0 Å². The molecule has 0 fully saturated rings. The molecule has 0 aliphatic carbocycles. The Morgan fingerprint density at radius 2 is 1.22 bits per heavy atom. The van der Waals surface area contributed by atoms with Crippen molar-refractivity contribution in [2.45, 2.75) is 116 Å². The Balaban J connectivity index is 1.39. The Labute approximate surface area is 194 Å². The summed E-state index contributed by atoms with van der Waals surface area (Å²) >= 11 is 0. The third kappa shape index (κ3) is 10.9. The quantitative estimate of drug-likeness (QED) is 0.230. The number of unbranched alkanes of at least 4 members (excludes halogenated alkanes) is 14. The lowest BCUT2D eigenvalue weighted by atomic mass is 10.0. The summed E-state index contributed by atoms with van der Waals surface area (Å²) in [7, 11) is 0. The topological polar surface area (TPSA) is 68.0 Å². The van der Waals surface area contributed by atoms with Crippen molar-refractivity contribution in [2.75, 3.05) is 0 Å². The molecule has 1 aromatic carbocycles. The van der Waals surface area contributed by atoms with Crippen LogP contribution in [0.15, 0.2) is 30.3 Å². The first kappa shape index (κ1) is 26.1. The largest absolute Gasteiger partial charge is 0.481 e. The smallest absolute Gasteiger partial charge is 0.303 e. The average molecular weight is 442 g/mol. The van der Waals surface area contributed by atoms with Crippen molar-refractivity contribution in [3.8, 4) is 5.69 Å². The Morgan fingerprint density at radius 1 is 0.750 bits per heavy atom. The maximum Gasteiger partial charge on any atom is 0.303 e. The SMILES string of the molecule is Cc1nnn(-c2ccccc2)c1CCCCCCCCCCCCCCCCCC(=O)O. The number of aliphatic carboxylic acids is 1. The lowest BCUT2D eigenvalue weighted by Gasteiger charge is -2.07. The van der Waals surface area contributed by atoms with Gasteiger partial charge in [-0.1, -0.05) is 107 Å². The van der Waals surface area contributed by atoms with E-state index in [2.05, 4.69) is 29.4 Å². The number of aromatic nitrogens is 3. The number of aryl methyl sites for hydroxylation is 1. The Hall–Kier alpha value is -2.17. The summed E-state index contributed by atoms with van der Waals surface area (Å²) in [5.41, 5.74) is 3.39. The third-order valence-electron chi connectivity index (χ3n) is 6.26. The zero-order valence-corrected chi connectivity index (χ0v) is 20.1. The van der Waals surface area contributed by atoms with E-state index in [4.69, 9.17) is 5.11 Å². The fourth-order valence-electron chi connectivity index (χ4n) is 4.31. The molecule has 0 aliphatic heterocycles. The van der Waals surface area contributed by atoms with Gasteiger partial charge < -0.3 is 5.11 Å². The molecule has 1 heterocycles. The van der Waals surface area contributed by atoms with E-state index in [1.807, 2.05) is 22.9 Å². The summed E-state index contributed by atoms with van der Waals surface area (Å²) in [4.78, 5) is 10.5. The first-order valence-electron chi connectivity index (χ1n) is 12.9. The summed E-state index contributed by atoms with van der Waals surface area (Å²) < 4.78 is 1.99. The second-order valence-corrected chi connectivity index (χ2v) is 9.07. The maximum absolute atomic E-state index is 10.5.